The lowest BCUT2D eigenvalue weighted by Crippen LogP contribution is -2.42. The van der Waals surface area contributed by atoms with Crippen molar-refractivity contribution in [2.24, 2.45) is 0 Å². The third kappa shape index (κ3) is 2.63. The van der Waals surface area contributed by atoms with E-state index in [1.807, 2.05) is 0 Å². The van der Waals surface area contributed by atoms with Gasteiger partial charge in [0.25, 0.3) is 0 Å². The molecule has 1 aromatic rings. The molecule has 0 spiro atoms. The zero-order valence-corrected chi connectivity index (χ0v) is 13.8. The van der Waals surface area contributed by atoms with Crippen molar-refractivity contribution in [3.05, 3.63) is 17.2 Å². The highest BCUT2D eigenvalue weighted by atomic mass is 16.5. The van der Waals surface area contributed by atoms with Crippen LogP contribution in [0.4, 0.5) is 0 Å². The van der Waals surface area contributed by atoms with Gasteiger partial charge >= 0.3 is 0 Å². The van der Waals surface area contributed by atoms with Crippen molar-refractivity contribution in [2.75, 3.05) is 41.0 Å². The lowest BCUT2D eigenvalue weighted by atomic mass is 9.92. The number of likely N-dealkylation sites (tertiary alicyclic amines) is 1. The summed E-state index contributed by atoms with van der Waals surface area (Å²) in [5.74, 6) is 2.26. The largest absolute Gasteiger partial charge is 0.493 e. The van der Waals surface area contributed by atoms with Crippen LogP contribution in [0.1, 0.15) is 36.4 Å². The Labute approximate surface area is 132 Å². The van der Waals surface area contributed by atoms with Crippen LogP contribution >= 0.6 is 0 Å². The first-order valence-electron chi connectivity index (χ1n) is 8.06. The van der Waals surface area contributed by atoms with E-state index in [4.69, 9.17) is 14.2 Å². The minimum atomic E-state index is 0.346. The quantitative estimate of drug-likeness (QED) is 0.925. The van der Waals surface area contributed by atoms with Crippen LogP contribution in [0.3, 0.4) is 0 Å². The van der Waals surface area contributed by atoms with Crippen molar-refractivity contribution >= 4 is 0 Å². The van der Waals surface area contributed by atoms with E-state index < -0.39 is 0 Å². The third-order valence-corrected chi connectivity index (χ3v) is 4.77. The van der Waals surface area contributed by atoms with E-state index in [2.05, 4.69) is 16.3 Å². The molecule has 122 valence electrons. The highest BCUT2D eigenvalue weighted by Crippen LogP contribution is 2.47. The normalized spacial score (nSPS) is 22.0. The molecular weight excluding hydrogens is 280 g/mol. The van der Waals surface area contributed by atoms with Gasteiger partial charge in [-0.25, -0.2) is 0 Å². The Morgan fingerprint density at radius 2 is 1.73 bits per heavy atom. The number of piperidine rings is 1. The van der Waals surface area contributed by atoms with Gasteiger partial charge in [-0.3, -0.25) is 4.90 Å². The smallest absolute Gasteiger partial charge is 0.203 e. The molecule has 0 radical (unpaired) electrons. The van der Waals surface area contributed by atoms with Crippen LogP contribution in [-0.4, -0.2) is 45.9 Å². The number of hydrogen-bond donors (Lipinski definition) is 1. The number of nitrogens with one attached hydrogen (secondary N) is 1. The van der Waals surface area contributed by atoms with E-state index in [-0.39, 0.29) is 0 Å². The van der Waals surface area contributed by atoms with Crippen molar-refractivity contribution in [3.63, 3.8) is 0 Å². The highest BCUT2D eigenvalue weighted by Gasteiger charge is 2.32. The molecule has 1 atom stereocenters. The SMILES string of the molecule is COc1cc2c(c(OC)c1OC)[C@@H](N1CCCCC1)CNC2. The van der Waals surface area contributed by atoms with Gasteiger partial charge in [0.1, 0.15) is 0 Å². The van der Waals surface area contributed by atoms with Gasteiger partial charge in [-0.2, -0.15) is 0 Å². The van der Waals surface area contributed by atoms with Crippen LogP contribution in [0.5, 0.6) is 17.2 Å². The zero-order chi connectivity index (χ0) is 15.5. The van der Waals surface area contributed by atoms with Gasteiger partial charge in [-0.15, -0.1) is 0 Å². The van der Waals surface area contributed by atoms with Crippen LogP contribution in [0.15, 0.2) is 6.07 Å². The molecular formula is C17H26N2O3. The average Bonchev–Trinajstić information content (AvgIpc) is 2.60. The van der Waals surface area contributed by atoms with Crippen LogP contribution in [0, 0.1) is 0 Å². The molecule has 0 aromatic heterocycles. The Hall–Kier alpha value is -1.46. The van der Waals surface area contributed by atoms with E-state index in [0.29, 0.717) is 11.8 Å². The van der Waals surface area contributed by atoms with Crippen molar-refractivity contribution in [3.8, 4) is 17.2 Å². The summed E-state index contributed by atoms with van der Waals surface area (Å²) in [6.07, 6.45) is 3.90. The number of benzene rings is 1. The topological polar surface area (TPSA) is 43.0 Å². The van der Waals surface area contributed by atoms with Gasteiger partial charge in [0, 0.05) is 18.7 Å². The molecule has 1 saturated heterocycles. The Balaban J connectivity index is 2.07. The Morgan fingerprint density at radius 3 is 2.36 bits per heavy atom. The molecule has 2 heterocycles. The number of methoxy groups -OCH3 is 3. The lowest BCUT2D eigenvalue weighted by Gasteiger charge is -2.39. The van der Waals surface area contributed by atoms with Gasteiger partial charge in [-0.1, -0.05) is 6.42 Å². The summed E-state index contributed by atoms with van der Waals surface area (Å²) >= 11 is 0. The first kappa shape index (κ1) is 15.4. The number of rotatable bonds is 4. The van der Waals surface area contributed by atoms with Crippen molar-refractivity contribution in [1.82, 2.24) is 10.2 Å². The summed E-state index contributed by atoms with van der Waals surface area (Å²) in [5, 5.41) is 3.53. The number of fused-ring (bicyclic) bond motifs is 1. The number of nitrogens with zero attached hydrogens (tertiary/aromatic N) is 1. The maximum atomic E-state index is 5.74. The van der Waals surface area contributed by atoms with Crippen LogP contribution in [0.25, 0.3) is 0 Å². The average molecular weight is 306 g/mol. The molecule has 22 heavy (non-hydrogen) atoms. The van der Waals surface area contributed by atoms with E-state index in [1.54, 1.807) is 21.3 Å². The molecule has 0 saturated carbocycles. The van der Waals surface area contributed by atoms with E-state index in [1.165, 1.54) is 30.4 Å². The molecule has 2 aliphatic heterocycles. The molecule has 1 fully saturated rings. The zero-order valence-electron chi connectivity index (χ0n) is 13.8. The molecule has 3 rings (SSSR count). The summed E-state index contributed by atoms with van der Waals surface area (Å²) in [4.78, 5) is 2.57. The third-order valence-electron chi connectivity index (χ3n) is 4.77. The number of ether oxygens (including phenoxy) is 3. The van der Waals surface area contributed by atoms with Gasteiger partial charge in [-0.05, 0) is 37.6 Å². The predicted octanol–water partition coefficient (Wildman–Crippen LogP) is 2.34. The molecule has 5 nitrogen and oxygen atoms in total. The maximum Gasteiger partial charge on any atom is 0.203 e. The van der Waals surface area contributed by atoms with E-state index in [9.17, 15) is 0 Å². The lowest BCUT2D eigenvalue weighted by molar-refractivity contribution is 0.150. The minimum Gasteiger partial charge on any atom is -0.493 e. The second-order valence-corrected chi connectivity index (χ2v) is 5.96. The Kier molecular flexibility index (Phi) is 4.74. The Morgan fingerprint density at radius 1 is 1.00 bits per heavy atom. The standard InChI is InChI=1S/C17H26N2O3/c1-20-14-9-12-10-18-11-13(19-7-5-4-6-8-19)15(12)17(22-3)16(14)21-2/h9,13,18H,4-8,10-11H2,1-3H3/t13-/m0/s1. The summed E-state index contributed by atoms with van der Waals surface area (Å²) in [6, 6.07) is 2.43. The van der Waals surface area contributed by atoms with Crippen molar-refractivity contribution < 1.29 is 14.2 Å². The van der Waals surface area contributed by atoms with Gasteiger partial charge in [0.05, 0.1) is 27.4 Å². The Bertz CT molecular complexity index is 527. The van der Waals surface area contributed by atoms with E-state index in [0.717, 1.165) is 37.7 Å². The van der Waals surface area contributed by atoms with Gasteiger partial charge < -0.3 is 19.5 Å². The fourth-order valence-corrected chi connectivity index (χ4v) is 3.73. The van der Waals surface area contributed by atoms with Crippen LogP contribution in [-0.2, 0) is 6.54 Å². The summed E-state index contributed by atoms with van der Waals surface area (Å²) in [6.45, 7) is 4.11. The molecule has 0 unspecified atom stereocenters. The van der Waals surface area contributed by atoms with Crippen LogP contribution in [0.2, 0.25) is 0 Å². The second kappa shape index (κ2) is 6.75. The van der Waals surface area contributed by atoms with Crippen LogP contribution < -0.4 is 19.5 Å². The first-order chi connectivity index (χ1) is 10.8. The van der Waals surface area contributed by atoms with Crippen molar-refractivity contribution in [2.45, 2.75) is 31.8 Å². The molecule has 0 amide bonds. The molecule has 1 N–H and O–H groups in total. The molecule has 1 aromatic carbocycles. The molecule has 0 bridgehead atoms. The fraction of sp³-hybridized carbons (Fsp3) is 0.647. The summed E-state index contributed by atoms with van der Waals surface area (Å²) in [5.41, 5.74) is 2.51. The fourth-order valence-electron chi connectivity index (χ4n) is 3.73. The monoisotopic (exact) mass is 306 g/mol. The van der Waals surface area contributed by atoms with E-state index >= 15 is 0 Å². The van der Waals surface area contributed by atoms with Crippen molar-refractivity contribution in [1.29, 1.82) is 0 Å². The highest BCUT2D eigenvalue weighted by molar-refractivity contribution is 5.60. The number of hydrogen-bond acceptors (Lipinski definition) is 5. The second-order valence-electron chi connectivity index (χ2n) is 5.96. The molecule has 0 aliphatic carbocycles. The van der Waals surface area contributed by atoms with Gasteiger partial charge in [0.2, 0.25) is 5.75 Å². The maximum absolute atomic E-state index is 5.74. The molecule has 5 heteroatoms. The predicted molar refractivity (Wildman–Crippen MR) is 86.0 cm³/mol. The summed E-state index contributed by atoms with van der Waals surface area (Å²) in [7, 11) is 5.05. The minimum absolute atomic E-state index is 0.346. The molecule has 2 aliphatic rings. The summed E-state index contributed by atoms with van der Waals surface area (Å²) < 4.78 is 16.8. The van der Waals surface area contributed by atoms with Gasteiger partial charge in [0.15, 0.2) is 11.5 Å². The first-order valence-corrected chi connectivity index (χ1v) is 8.06.